The molecule has 0 saturated heterocycles. The quantitative estimate of drug-likeness (QED) is 0.616. The number of hydrazone groups is 1. The minimum Gasteiger partial charge on any atom is -0.200 e. The van der Waals surface area contributed by atoms with Gasteiger partial charge >= 0.3 is 0 Å². The van der Waals surface area contributed by atoms with Gasteiger partial charge in [-0.15, -0.1) is 0 Å². The average Bonchev–Trinajstić information content (AvgIpc) is 2.39. The fourth-order valence-electron chi connectivity index (χ4n) is 1.59. The van der Waals surface area contributed by atoms with E-state index in [1.165, 1.54) is 0 Å². The first-order chi connectivity index (χ1) is 8.99. The van der Waals surface area contributed by atoms with Crippen molar-refractivity contribution in [3.8, 4) is 0 Å². The molecule has 5 heteroatoms. The highest BCUT2D eigenvalue weighted by atomic mass is 32.2. The Balaban J connectivity index is 2.79. The Morgan fingerprint density at radius 3 is 2.37 bits per heavy atom. The number of hydrogen-bond donors (Lipinski definition) is 1. The van der Waals surface area contributed by atoms with E-state index in [-0.39, 0.29) is 4.90 Å². The highest BCUT2D eigenvalue weighted by Gasteiger charge is 2.12. The van der Waals surface area contributed by atoms with E-state index >= 15 is 0 Å². The Bertz CT molecular complexity index is 519. The van der Waals surface area contributed by atoms with Crippen LogP contribution in [0.1, 0.15) is 45.1 Å². The first-order valence-corrected chi connectivity index (χ1v) is 8.11. The molecule has 0 heterocycles. The van der Waals surface area contributed by atoms with E-state index in [0.29, 0.717) is 0 Å². The van der Waals surface area contributed by atoms with Crippen LogP contribution in [-0.4, -0.2) is 14.1 Å². The molecule has 1 aromatic carbocycles. The maximum Gasteiger partial charge on any atom is 0.276 e. The second-order valence-electron chi connectivity index (χ2n) is 4.54. The standard InChI is InChI=1S/C14H22N2O2S/c1-4-6-7-13(5-2)15-16-19(17,18)14-10-8-12(3)9-11-14/h8-11,16H,4-7H2,1-3H3/b15-13+. The average molecular weight is 282 g/mol. The molecule has 0 aliphatic rings. The first-order valence-electron chi connectivity index (χ1n) is 6.63. The minimum atomic E-state index is -3.54. The Hall–Kier alpha value is -1.36. The smallest absolute Gasteiger partial charge is 0.200 e. The summed E-state index contributed by atoms with van der Waals surface area (Å²) in [6, 6.07) is 6.72. The number of sulfonamides is 1. The first kappa shape index (κ1) is 15.7. The maximum absolute atomic E-state index is 12.0. The number of unbranched alkanes of at least 4 members (excludes halogenated alkanes) is 1. The van der Waals surface area contributed by atoms with Crippen molar-refractivity contribution in [2.75, 3.05) is 0 Å². The van der Waals surface area contributed by atoms with Crippen molar-refractivity contribution in [1.82, 2.24) is 4.83 Å². The van der Waals surface area contributed by atoms with Crippen LogP contribution in [0.4, 0.5) is 0 Å². The van der Waals surface area contributed by atoms with Gasteiger partial charge < -0.3 is 0 Å². The molecule has 1 rings (SSSR count). The lowest BCUT2D eigenvalue weighted by molar-refractivity contribution is 0.584. The second kappa shape index (κ2) is 7.28. The molecule has 0 aromatic heterocycles. The molecule has 0 spiro atoms. The van der Waals surface area contributed by atoms with Crippen molar-refractivity contribution in [1.29, 1.82) is 0 Å². The summed E-state index contributed by atoms with van der Waals surface area (Å²) >= 11 is 0. The third kappa shape index (κ3) is 5.03. The molecular weight excluding hydrogens is 260 g/mol. The molecule has 0 aliphatic carbocycles. The highest BCUT2D eigenvalue weighted by molar-refractivity contribution is 7.89. The predicted molar refractivity (Wildman–Crippen MR) is 78.8 cm³/mol. The zero-order valence-electron chi connectivity index (χ0n) is 11.8. The van der Waals surface area contributed by atoms with Crippen LogP contribution in [0.3, 0.4) is 0 Å². The topological polar surface area (TPSA) is 58.5 Å². The maximum atomic E-state index is 12.0. The van der Waals surface area contributed by atoms with Gasteiger partial charge in [0, 0.05) is 5.71 Å². The van der Waals surface area contributed by atoms with Gasteiger partial charge in [0.2, 0.25) is 0 Å². The monoisotopic (exact) mass is 282 g/mol. The summed E-state index contributed by atoms with van der Waals surface area (Å²) in [5, 5.41) is 4.03. The SMILES string of the molecule is CCCC/C(CC)=N/NS(=O)(=O)c1ccc(C)cc1. The van der Waals surface area contributed by atoms with Crippen molar-refractivity contribution in [3.05, 3.63) is 29.8 Å². The lowest BCUT2D eigenvalue weighted by atomic mass is 10.1. The number of nitrogens with one attached hydrogen (secondary N) is 1. The van der Waals surface area contributed by atoms with Crippen LogP contribution in [0.2, 0.25) is 0 Å². The van der Waals surface area contributed by atoms with Gasteiger partial charge in [0.15, 0.2) is 0 Å². The predicted octanol–water partition coefficient (Wildman–Crippen LogP) is 3.23. The molecule has 0 unspecified atom stereocenters. The number of benzene rings is 1. The van der Waals surface area contributed by atoms with Gasteiger partial charge in [-0.25, -0.2) is 4.83 Å². The van der Waals surface area contributed by atoms with Crippen LogP contribution in [-0.2, 0) is 10.0 Å². The van der Waals surface area contributed by atoms with Crippen LogP contribution in [0, 0.1) is 6.92 Å². The molecular formula is C14H22N2O2S. The zero-order valence-corrected chi connectivity index (χ0v) is 12.6. The molecule has 19 heavy (non-hydrogen) atoms. The molecule has 4 nitrogen and oxygen atoms in total. The van der Waals surface area contributed by atoms with Gasteiger partial charge in [-0.05, 0) is 38.3 Å². The van der Waals surface area contributed by atoms with Crippen molar-refractivity contribution < 1.29 is 8.42 Å². The van der Waals surface area contributed by atoms with E-state index in [0.717, 1.165) is 37.0 Å². The van der Waals surface area contributed by atoms with Crippen molar-refractivity contribution in [2.45, 2.75) is 51.3 Å². The van der Waals surface area contributed by atoms with Gasteiger partial charge in [-0.1, -0.05) is 38.0 Å². The Morgan fingerprint density at radius 2 is 1.84 bits per heavy atom. The summed E-state index contributed by atoms with van der Waals surface area (Å²) in [6.07, 6.45) is 3.70. The minimum absolute atomic E-state index is 0.243. The van der Waals surface area contributed by atoms with E-state index in [9.17, 15) is 8.42 Å². The second-order valence-corrected chi connectivity index (χ2v) is 6.20. The summed E-state index contributed by atoms with van der Waals surface area (Å²) in [4.78, 5) is 2.56. The van der Waals surface area contributed by atoms with E-state index in [2.05, 4.69) is 16.9 Å². The number of nitrogens with zero attached hydrogens (tertiary/aromatic N) is 1. The fraction of sp³-hybridized carbons (Fsp3) is 0.500. The Morgan fingerprint density at radius 1 is 1.21 bits per heavy atom. The Labute approximate surface area is 116 Å². The van der Waals surface area contributed by atoms with Gasteiger partial charge in [0.05, 0.1) is 4.90 Å². The van der Waals surface area contributed by atoms with Crippen LogP contribution < -0.4 is 4.83 Å². The zero-order chi connectivity index (χ0) is 14.3. The highest BCUT2D eigenvalue weighted by Crippen LogP contribution is 2.10. The van der Waals surface area contributed by atoms with Crippen LogP contribution in [0.25, 0.3) is 0 Å². The fourth-order valence-corrected chi connectivity index (χ4v) is 2.44. The number of aryl methyl sites for hydroxylation is 1. The number of rotatable bonds is 7. The van der Waals surface area contributed by atoms with Crippen molar-refractivity contribution in [3.63, 3.8) is 0 Å². The van der Waals surface area contributed by atoms with Gasteiger partial charge in [-0.2, -0.15) is 13.5 Å². The van der Waals surface area contributed by atoms with Gasteiger partial charge in [0.25, 0.3) is 10.0 Å². The molecule has 0 fully saturated rings. The third-order valence-electron chi connectivity index (χ3n) is 2.88. The molecule has 1 N–H and O–H groups in total. The molecule has 1 aromatic rings. The molecule has 0 aliphatic heterocycles. The van der Waals surface area contributed by atoms with E-state index in [1.54, 1.807) is 24.3 Å². The molecule has 0 saturated carbocycles. The summed E-state index contributed by atoms with van der Waals surface area (Å²) in [5.74, 6) is 0. The molecule has 0 amide bonds. The molecule has 0 atom stereocenters. The van der Waals surface area contributed by atoms with Crippen molar-refractivity contribution >= 4 is 15.7 Å². The summed E-state index contributed by atoms with van der Waals surface area (Å²) < 4.78 is 24.0. The lowest BCUT2D eigenvalue weighted by Crippen LogP contribution is -2.20. The summed E-state index contributed by atoms with van der Waals surface area (Å²) in [5.41, 5.74) is 1.91. The summed E-state index contributed by atoms with van der Waals surface area (Å²) in [7, 11) is -3.54. The normalized spacial score (nSPS) is 12.5. The molecule has 0 bridgehead atoms. The van der Waals surface area contributed by atoms with Crippen molar-refractivity contribution in [2.24, 2.45) is 5.10 Å². The van der Waals surface area contributed by atoms with Gasteiger partial charge in [-0.3, -0.25) is 0 Å². The number of hydrogen-bond acceptors (Lipinski definition) is 3. The van der Waals surface area contributed by atoms with Crippen LogP contribution in [0.5, 0.6) is 0 Å². The third-order valence-corrected chi connectivity index (χ3v) is 4.11. The van der Waals surface area contributed by atoms with E-state index in [1.807, 2.05) is 13.8 Å². The molecule has 106 valence electrons. The largest absolute Gasteiger partial charge is 0.276 e. The lowest BCUT2D eigenvalue weighted by Gasteiger charge is -2.06. The van der Waals surface area contributed by atoms with E-state index in [4.69, 9.17) is 0 Å². The van der Waals surface area contributed by atoms with Crippen LogP contribution in [0.15, 0.2) is 34.3 Å². The summed E-state index contributed by atoms with van der Waals surface area (Å²) in [6.45, 7) is 6.00. The molecule has 0 radical (unpaired) electrons. The van der Waals surface area contributed by atoms with E-state index < -0.39 is 10.0 Å². The van der Waals surface area contributed by atoms with Gasteiger partial charge in [0.1, 0.15) is 0 Å². The Kier molecular flexibility index (Phi) is 6.02. The van der Waals surface area contributed by atoms with Crippen LogP contribution >= 0.6 is 0 Å².